The lowest BCUT2D eigenvalue weighted by Crippen LogP contribution is -2.51. The molecule has 0 aliphatic carbocycles. The maximum absolute atomic E-state index is 12.9. The molecule has 26 heavy (non-hydrogen) atoms. The molecule has 0 aromatic heterocycles. The SMILES string of the molecule is O=C([C@@H]1CC(=O)N(C2CCOCC2)C1)N1CCN(c2ccccc2)CC1. The van der Waals surface area contributed by atoms with E-state index >= 15 is 0 Å². The minimum atomic E-state index is -0.173. The summed E-state index contributed by atoms with van der Waals surface area (Å²) in [6.45, 7) is 5.18. The number of piperazine rings is 1. The van der Waals surface area contributed by atoms with Gasteiger partial charge in [0, 0.05) is 64.1 Å². The fourth-order valence-electron chi connectivity index (χ4n) is 4.33. The number of benzene rings is 1. The average molecular weight is 357 g/mol. The number of hydrogen-bond acceptors (Lipinski definition) is 4. The highest BCUT2D eigenvalue weighted by molar-refractivity contribution is 5.89. The van der Waals surface area contributed by atoms with Crippen molar-refractivity contribution in [1.29, 1.82) is 0 Å². The van der Waals surface area contributed by atoms with Gasteiger partial charge in [-0.3, -0.25) is 9.59 Å². The molecule has 0 saturated carbocycles. The summed E-state index contributed by atoms with van der Waals surface area (Å²) in [6, 6.07) is 10.6. The Hall–Kier alpha value is -2.08. The fourth-order valence-corrected chi connectivity index (χ4v) is 4.33. The molecule has 0 bridgehead atoms. The zero-order chi connectivity index (χ0) is 17.9. The van der Waals surface area contributed by atoms with Gasteiger partial charge >= 0.3 is 0 Å². The van der Waals surface area contributed by atoms with Gasteiger partial charge < -0.3 is 19.4 Å². The van der Waals surface area contributed by atoms with Crippen LogP contribution in [0.4, 0.5) is 5.69 Å². The average Bonchev–Trinajstić information content (AvgIpc) is 3.10. The van der Waals surface area contributed by atoms with Crippen molar-refractivity contribution in [3.05, 3.63) is 30.3 Å². The Morgan fingerprint density at radius 1 is 1.00 bits per heavy atom. The molecule has 0 radical (unpaired) electrons. The van der Waals surface area contributed by atoms with E-state index in [-0.39, 0.29) is 23.8 Å². The van der Waals surface area contributed by atoms with E-state index in [9.17, 15) is 9.59 Å². The summed E-state index contributed by atoms with van der Waals surface area (Å²) < 4.78 is 5.39. The number of carbonyl (C=O) groups is 2. The van der Waals surface area contributed by atoms with Crippen LogP contribution in [-0.4, -0.2) is 73.6 Å². The van der Waals surface area contributed by atoms with E-state index in [1.807, 2.05) is 28.0 Å². The molecule has 3 aliphatic rings. The molecule has 0 N–H and O–H groups in total. The minimum Gasteiger partial charge on any atom is -0.381 e. The number of anilines is 1. The van der Waals surface area contributed by atoms with Gasteiger partial charge in [0.25, 0.3) is 0 Å². The van der Waals surface area contributed by atoms with Gasteiger partial charge in [-0.15, -0.1) is 0 Å². The Kier molecular flexibility index (Phi) is 5.11. The van der Waals surface area contributed by atoms with Gasteiger partial charge in [-0.2, -0.15) is 0 Å². The smallest absolute Gasteiger partial charge is 0.228 e. The summed E-state index contributed by atoms with van der Waals surface area (Å²) in [4.78, 5) is 31.5. The number of rotatable bonds is 3. The summed E-state index contributed by atoms with van der Waals surface area (Å²) in [5.74, 6) is 0.118. The summed E-state index contributed by atoms with van der Waals surface area (Å²) in [5.41, 5.74) is 1.21. The first-order chi connectivity index (χ1) is 12.7. The van der Waals surface area contributed by atoms with E-state index in [0.717, 1.165) is 39.0 Å². The lowest BCUT2D eigenvalue weighted by Gasteiger charge is -2.37. The first-order valence-corrected chi connectivity index (χ1v) is 9.68. The Morgan fingerprint density at radius 2 is 1.69 bits per heavy atom. The van der Waals surface area contributed by atoms with Gasteiger partial charge in [0.15, 0.2) is 0 Å². The second kappa shape index (κ2) is 7.66. The van der Waals surface area contributed by atoms with Crippen LogP contribution in [0.25, 0.3) is 0 Å². The maximum atomic E-state index is 12.9. The van der Waals surface area contributed by atoms with Crippen LogP contribution < -0.4 is 4.90 Å². The number of hydrogen-bond donors (Lipinski definition) is 0. The fraction of sp³-hybridized carbons (Fsp3) is 0.600. The number of nitrogens with zero attached hydrogens (tertiary/aromatic N) is 3. The third kappa shape index (κ3) is 3.56. The van der Waals surface area contributed by atoms with E-state index < -0.39 is 0 Å². The molecule has 1 atom stereocenters. The van der Waals surface area contributed by atoms with Crippen LogP contribution in [0.2, 0.25) is 0 Å². The number of amides is 2. The number of ether oxygens (including phenoxy) is 1. The zero-order valence-corrected chi connectivity index (χ0v) is 15.2. The van der Waals surface area contributed by atoms with Gasteiger partial charge in [-0.25, -0.2) is 0 Å². The monoisotopic (exact) mass is 357 g/mol. The van der Waals surface area contributed by atoms with E-state index in [2.05, 4.69) is 17.0 Å². The summed E-state index contributed by atoms with van der Waals surface area (Å²) in [6.07, 6.45) is 2.15. The molecule has 1 aromatic rings. The molecule has 6 heteroatoms. The third-order valence-corrected chi connectivity index (χ3v) is 5.85. The lowest BCUT2D eigenvalue weighted by atomic mass is 10.1. The Balaban J connectivity index is 1.32. The highest BCUT2D eigenvalue weighted by Crippen LogP contribution is 2.27. The van der Waals surface area contributed by atoms with Crippen molar-refractivity contribution in [2.75, 3.05) is 50.8 Å². The van der Waals surface area contributed by atoms with Crippen molar-refractivity contribution in [1.82, 2.24) is 9.80 Å². The molecule has 3 aliphatic heterocycles. The molecule has 6 nitrogen and oxygen atoms in total. The molecule has 1 aromatic carbocycles. The lowest BCUT2D eigenvalue weighted by molar-refractivity contribution is -0.136. The predicted molar refractivity (Wildman–Crippen MR) is 98.9 cm³/mol. The highest BCUT2D eigenvalue weighted by atomic mass is 16.5. The minimum absolute atomic E-state index is 0.137. The normalized spacial score (nSPS) is 25.0. The molecule has 4 rings (SSSR count). The van der Waals surface area contributed by atoms with E-state index in [1.165, 1.54) is 5.69 Å². The number of para-hydroxylation sites is 1. The zero-order valence-electron chi connectivity index (χ0n) is 15.2. The first kappa shape index (κ1) is 17.3. The van der Waals surface area contributed by atoms with E-state index in [0.29, 0.717) is 26.2 Å². The highest BCUT2D eigenvalue weighted by Gasteiger charge is 2.40. The first-order valence-electron chi connectivity index (χ1n) is 9.68. The molecule has 0 spiro atoms. The van der Waals surface area contributed by atoms with Crippen LogP contribution in [0.15, 0.2) is 30.3 Å². The molecule has 3 heterocycles. The van der Waals surface area contributed by atoms with Crippen LogP contribution >= 0.6 is 0 Å². The van der Waals surface area contributed by atoms with Gasteiger partial charge in [0.1, 0.15) is 0 Å². The summed E-state index contributed by atoms with van der Waals surface area (Å²) >= 11 is 0. The van der Waals surface area contributed by atoms with Gasteiger partial charge in [0.2, 0.25) is 11.8 Å². The van der Waals surface area contributed by atoms with Gasteiger partial charge in [-0.1, -0.05) is 18.2 Å². The summed E-state index contributed by atoms with van der Waals surface area (Å²) in [7, 11) is 0. The van der Waals surface area contributed by atoms with Crippen molar-refractivity contribution in [2.24, 2.45) is 5.92 Å². The van der Waals surface area contributed by atoms with Crippen molar-refractivity contribution in [3.63, 3.8) is 0 Å². The molecular weight excluding hydrogens is 330 g/mol. The van der Waals surface area contributed by atoms with Crippen LogP contribution in [-0.2, 0) is 14.3 Å². The van der Waals surface area contributed by atoms with Crippen LogP contribution in [0.5, 0.6) is 0 Å². The van der Waals surface area contributed by atoms with Gasteiger partial charge in [0.05, 0.1) is 5.92 Å². The quantitative estimate of drug-likeness (QED) is 0.820. The Morgan fingerprint density at radius 3 is 2.38 bits per heavy atom. The standard InChI is InChI=1S/C20H27N3O3/c24-19-14-16(15-23(19)18-6-12-26-13-7-18)20(25)22-10-8-21(9-11-22)17-4-2-1-3-5-17/h1-5,16,18H,6-15H2/t16-/m1/s1. The van der Waals surface area contributed by atoms with E-state index in [1.54, 1.807) is 0 Å². The van der Waals surface area contributed by atoms with Crippen molar-refractivity contribution < 1.29 is 14.3 Å². The van der Waals surface area contributed by atoms with Crippen LogP contribution in [0.3, 0.4) is 0 Å². The van der Waals surface area contributed by atoms with Crippen molar-refractivity contribution in [3.8, 4) is 0 Å². The van der Waals surface area contributed by atoms with Crippen LogP contribution in [0, 0.1) is 5.92 Å². The Labute approximate surface area is 154 Å². The predicted octanol–water partition coefficient (Wildman–Crippen LogP) is 1.36. The van der Waals surface area contributed by atoms with E-state index in [4.69, 9.17) is 4.74 Å². The molecule has 0 unspecified atom stereocenters. The molecular formula is C20H27N3O3. The van der Waals surface area contributed by atoms with Crippen LogP contribution in [0.1, 0.15) is 19.3 Å². The largest absolute Gasteiger partial charge is 0.381 e. The molecule has 3 saturated heterocycles. The third-order valence-electron chi connectivity index (χ3n) is 5.85. The van der Waals surface area contributed by atoms with Gasteiger partial charge in [-0.05, 0) is 25.0 Å². The Bertz CT molecular complexity index is 637. The molecule has 3 fully saturated rings. The molecule has 2 amide bonds. The van der Waals surface area contributed by atoms with Crippen molar-refractivity contribution in [2.45, 2.75) is 25.3 Å². The topological polar surface area (TPSA) is 53.1 Å². The second-order valence-electron chi connectivity index (χ2n) is 7.44. The maximum Gasteiger partial charge on any atom is 0.228 e. The number of likely N-dealkylation sites (tertiary alicyclic amines) is 1. The number of carbonyl (C=O) groups excluding carboxylic acids is 2. The summed E-state index contributed by atoms with van der Waals surface area (Å²) in [5, 5.41) is 0. The molecule has 140 valence electrons. The second-order valence-corrected chi connectivity index (χ2v) is 7.44. The van der Waals surface area contributed by atoms with Crippen molar-refractivity contribution >= 4 is 17.5 Å².